The number of carbonyl (C=O) groups excluding carboxylic acids is 1. The first kappa shape index (κ1) is 10.9. The van der Waals surface area contributed by atoms with Gasteiger partial charge in [0.05, 0.1) is 6.61 Å². The van der Waals surface area contributed by atoms with E-state index in [-0.39, 0.29) is 18.3 Å². The lowest BCUT2D eigenvalue weighted by molar-refractivity contribution is -0.126. The largest absolute Gasteiger partial charge is 0.369 e. The Bertz CT molecular complexity index is 283. The minimum atomic E-state index is 0.0453. The normalized spacial score (nSPS) is 10.5. The maximum atomic E-state index is 11.2. The maximum absolute atomic E-state index is 11.2. The van der Waals surface area contributed by atoms with Gasteiger partial charge in [0.25, 0.3) is 0 Å². The molecule has 1 heterocycles. The monoisotopic (exact) mass is 193 g/mol. The van der Waals surface area contributed by atoms with Crippen LogP contribution in [0, 0.1) is 5.92 Å². The van der Waals surface area contributed by atoms with Crippen molar-refractivity contribution in [2.45, 2.75) is 20.5 Å². The van der Waals surface area contributed by atoms with E-state index in [1.54, 1.807) is 12.4 Å². The van der Waals surface area contributed by atoms with E-state index in [2.05, 4.69) is 4.98 Å². The molecule has 1 rings (SSSR count). The molecule has 14 heavy (non-hydrogen) atoms. The van der Waals surface area contributed by atoms with Gasteiger partial charge in [-0.25, -0.2) is 0 Å². The average molecular weight is 193 g/mol. The van der Waals surface area contributed by atoms with Crippen molar-refractivity contribution in [3.05, 3.63) is 30.1 Å². The van der Waals surface area contributed by atoms with Crippen LogP contribution in [-0.2, 0) is 16.1 Å². The van der Waals surface area contributed by atoms with E-state index in [4.69, 9.17) is 4.74 Å². The first-order valence-corrected chi connectivity index (χ1v) is 4.69. The van der Waals surface area contributed by atoms with Crippen LogP contribution in [0.25, 0.3) is 0 Å². The summed E-state index contributed by atoms with van der Waals surface area (Å²) in [5, 5.41) is 0. The second-order valence-electron chi connectivity index (χ2n) is 3.48. The lowest BCUT2D eigenvalue weighted by atomic mass is 10.1. The Balaban J connectivity index is 2.26. The molecule has 3 heteroatoms. The van der Waals surface area contributed by atoms with Crippen molar-refractivity contribution in [3.63, 3.8) is 0 Å². The summed E-state index contributed by atoms with van der Waals surface area (Å²) in [6, 6.07) is 3.77. The van der Waals surface area contributed by atoms with Gasteiger partial charge in [0.15, 0.2) is 5.78 Å². The Hall–Kier alpha value is -1.22. The van der Waals surface area contributed by atoms with Crippen LogP contribution in [0.4, 0.5) is 0 Å². The van der Waals surface area contributed by atoms with Crippen LogP contribution in [-0.4, -0.2) is 17.4 Å². The van der Waals surface area contributed by atoms with Crippen LogP contribution < -0.4 is 0 Å². The molecule has 1 aromatic heterocycles. The number of nitrogens with zero attached hydrogens (tertiary/aromatic N) is 1. The first-order valence-electron chi connectivity index (χ1n) is 4.69. The van der Waals surface area contributed by atoms with Gasteiger partial charge in [0.2, 0.25) is 0 Å². The Morgan fingerprint density at radius 2 is 2.36 bits per heavy atom. The number of rotatable bonds is 5. The minimum Gasteiger partial charge on any atom is -0.369 e. The van der Waals surface area contributed by atoms with E-state index in [1.165, 1.54) is 0 Å². The van der Waals surface area contributed by atoms with Gasteiger partial charge < -0.3 is 4.74 Å². The molecule has 0 aliphatic heterocycles. The summed E-state index contributed by atoms with van der Waals surface area (Å²) in [4.78, 5) is 15.1. The molecule has 0 bridgehead atoms. The maximum Gasteiger partial charge on any atom is 0.160 e. The summed E-state index contributed by atoms with van der Waals surface area (Å²) in [7, 11) is 0. The predicted octanol–water partition coefficient (Wildman–Crippen LogP) is 1.82. The fourth-order valence-electron chi connectivity index (χ4n) is 0.920. The smallest absolute Gasteiger partial charge is 0.160 e. The van der Waals surface area contributed by atoms with E-state index < -0.39 is 0 Å². The third kappa shape index (κ3) is 3.66. The van der Waals surface area contributed by atoms with Crippen LogP contribution in [0.5, 0.6) is 0 Å². The topological polar surface area (TPSA) is 39.2 Å². The summed E-state index contributed by atoms with van der Waals surface area (Å²) in [6.07, 6.45) is 3.45. The van der Waals surface area contributed by atoms with E-state index in [9.17, 15) is 4.79 Å². The van der Waals surface area contributed by atoms with Crippen molar-refractivity contribution in [3.8, 4) is 0 Å². The molecule has 0 atom stereocenters. The highest BCUT2D eigenvalue weighted by Gasteiger charge is 2.06. The number of carbonyl (C=O) groups is 1. The van der Waals surface area contributed by atoms with Gasteiger partial charge >= 0.3 is 0 Å². The van der Waals surface area contributed by atoms with Crippen molar-refractivity contribution in [2.75, 3.05) is 6.61 Å². The average Bonchev–Trinajstić information content (AvgIpc) is 2.19. The molecule has 0 radical (unpaired) electrons. The Morgan fingerprint density at radius 3 is 2.93 bits per heavy atom. The molecular weight excluding hydrogens is 178 g/mol. The lowest BCUT2D eigenvalue weighted by Crippen LogP contribution is -2.14. The molecule has 0 unspecified atom stereocenters. The van der Waals surface area contributed by atoms with Gasteiger partial charge in [-0.1, -0.05) is 19.9 Å². The molecule has 0 N–H and O–H groups in total. The van der Waals surface area contributed by atoms with Crippen molar-refractivity contribution >= 4 is 5.78 Å². The summed E-state index contributed by atoms with van der Waals surface area (Å²) >= 11 is 0. The quantitative estimate of drug-likeness (QED) is 0.716. The van der Waals surface area contributed by atoms with Crippen molar-refractivity contribution in [2.24, 2.45) is 5.92 Å². The van der Waals surface area contributed by atoms with Crippen LogP contribution in [0.1, 0.15) is 19.4 Å². The number of Topliss-reactive ketones (excluding diaryl/α,β-unsaturated/α-hetero) is 1. The molecule has 0 aliphatic carbocycles. The molecule has 0 saturated heterocycles. The zero-order valence-corrected chi connectivity index (χ0v) is 8.56. The molecule has 0 spiro atoms. The first-order chi connectivity index (χ1) is 6.70. The van der Waals surface area contributed by atoms with E-state index in [0.717, 1.165) is 5.56 Å². The highest BCUT2D eigenvalue weighted by Crippen LogP contribution is 2.00. The fourth-order valence-corrected chi connectivity index (χ4v) is 0.920. The number of pyridine rings is 1. The van der Waals surface area contributed by atoms with E-state index >= 15 is 0 Å². The summed E-state index contributed by atoms with van der Waals surface area (Å²) in [5.41, 5.74) is 0.990. The highest BCUT2D eigenvalue weighted by molar-refractivity contribution is 5.81. The lowest BCUT2D eigenvalue weighted by Gasteiger charge is -2.05. The summed E-state index contributed by atoms with van der Waals surface area (Å²) in [6.45, 7) is 4.38. The summed E-state index contributed by atoms with van der Waals surface area (Å²) in [5.74, 6) is 0.179. The zero-order chi connectivity index (χ0) is 10.4. The van der Waals surface area contributed by atoms with Crippen LogP contribution in [0.15, 0.2) is 24.5 Å². The van der Waals surface area contributed by atoms with Gasteiger partial charge in [-0.3, -0.25) is 9.78 Å². The molecule has 3 nitrogen and oxygen atoms in total. The number of aromatic nitrogens is 1. The molecule has 0 aliphatic rings. The van der Waals surface area contributed by atoms with Crippen molar-refractivity contribution in [1.29, 1.82) is 0 Å². The standard InChI is InChI=1S/C11H15NO2/c1-9(2)11(13)8-14-7-10-4-3-5-12-6-10/h3-6,9H,7-8H2,1-2H3. The highest BCUT2D eigenvalue weighted by atomic mass is 16.5. The van der Waals surface area contributed by atoms with Crippen LogP contribution in [0.2, 0.25) is 0 Å². The molecule has 0 fully saturated rings. The Morgan fingerprint density at radius 1 is 1.57 bits per heavy atom. The van der Waals surface area contributed by atoms with E-state index in [1.807, 2.05) is 26.0 Å². The van der Waals surface area contributed by atoms with Crippen LogP contribution >= 0.6 is 0 Å². The summed E-state index contributed by atoms with van der Waals surface area (Å²) < 4.78 is 5.25. The molecule has 1 aromatic rings. The SMILES string of the molecule is CC(C)C(=O)COCc1cccnc1. The zero-order valence-electron chi connectivity index (χ0n) is 8.56. The minimum absolute atomic E-state index is 0.0453. The number of ether oxygens (including phenoxy) is 1. The van der Waals surface area contributed by atoms with Gasteiger partial charge in [0.1, 0.15) is 6.61 Å². The molecule has 0 aromatic carbocycles. The number of hydrogen-bond donors (Lipinski definition) is 0. The van der Waals surface area contributed by atoms with Crippen molar-refractivity contribution < 1.29 is 9.53 Å². The van der Waals surface area contributed by atoms with Crippen LogP contribution in [0.3, 0.4) is 0 Å². The molecule has 0 saturated carbocycles. The van der Waals surface area contributed by atoms with Gasteiger partial charge in [-0.05, 0) is 11.6 Å². The predicted molar refractivity (Wildman–Crippen MR) is 53.7 cm³/mol. The number of hydrogen-bond acceptors (Lipinski definition) is 3. The second-order valence-corrected chi connectivity index (χ2v) is 3.48. The second kappa shape index (κ2) is 5.50. The third-order valence-corrected chi connectivity index (χ3v) is 1.88. The fraction of sp³-hybridized carbons (Fsp3) is 0.455. The van der Waals surface area contributed by atoms with Gasteiger partial charge in [-0.15, -0.1) is 0 Å². The van der Waals surface area contributed by atoms with E-state index in [0.29, 0.717) is 6.61 Å². The van der Waals surface area contributed by atoms with Gasteiger partial charge in [0, 0.05) is 18.3 Å². The van der Waals surface area contributed by atoms with Crippen molar-refractivity contribution in [1.82, 2.24) is 4.98 Å². The Labute approximate surface area is 84.1 Å². The molecular formula is C11H15NO2. The van der Waals surface area contributed by atoms with Gasteiger partial charge in [-0.2, -0.15) is 0 Å². The molecule has 0 amide bonds. The molecule has 76 valence electrons. The third-order valence-electron chi connectivity index (χ3n) is 1.88. The number of ketones is 1. The Kier molecular flexibility index (Phi) is 4.26.